The summed E-state index contributed by atoms with van der Waals surface area (Å²) in [6, 6.07) is 1.39. The molecule has 2 saturated heterocycles. The molecule has 0 bridgehead atoms. The van der Waals surface area contributed by atoms with Crippen molar-refractivity contribution in [3.8, 4) is 0 Å². The predicted molar refractivity (Wildman–Crippen MR) is 106 cm³/mol. The Bertz CT molecular complexity index is 915. The fourth-order valence-corrected chi connectivity index (χ4v) is 4.12. The van der Waals surface area contributed by atoms with Crippen molar-refractivity contribution < 1.29 is 23.6 Å². The van der Waals surface area contributed by atoms with E-state index in [0.717, 1.165) is 43.7 Å². The largest absolute Gasteiger partial charge is 0.371 e. The van der Waals surface area contributed by atoms with Crippen molar-refractivity contribution in [2.75, 3.05) is 51.2 Å². The third kappa shape index (κ3) is 3.68. The number of halogens is 1. The zero-order valence-corrected chi connectivity index (χ0v) is 16.7. The average molecular weight is 417 g/mol. The first-order valence-corrected chi connectivity index (χ1v) is 10.1. The van der Waals surface area contributed by atoms with E-state index < -0.39 is 35.5 Å². The summed E-state index contributed by atoms with van der Waals surface area (Å²) in [6.45, 7) is 5.01. The van der Waals surface area contributed by atoms with Crippen molar-refractivity contribution in [2.24, 2.45) is 0 Å². The molecule has 4 rings (SSSR count). The van der Waals surface area contributed by atoms with Crippen molar-refractivity contribution in [1.29, 1.82) is 0 Å². The second-order valence-electron chi connectivity index (χ2n) is 7.81. The Morgan fingerprint density at radius 2 is 1.77 bits per heavy atom. The number of rotatable bonds is 5. The molecule has 3 aliphatic rings. The van der Waals surface area contributed by atoms with E-state index in [0.29, 0.717) is 6.54 Å². The number of likely N-dealkylation sites (N-methyl/N-ethyl adjacent to an activating group) is 1. The number of hydrogen-bond donors (Lipinski definition) is 2. The van der Waals surface area contributed by atoms with E-state index in [4.69, 9.17) is 0 Å². The topological polar surface area (TPSA) is 102 Å². The summed E-state index contributed by atoms with van der Waals surface area (Å²) in [5.74, 6) is -3.07. The molecule has 1 aromatic rings. The lowest BCUT2D eigenvalue weighted by molar-refractivity contribution is -0.136. The van der Waals surface area contributed by atoms with Gasteiger partial charge in [-0.25, -0.2) is 4.39 Å². The zero-order valence-electron chi connectivity index (χ0n) is 16.7. The van der Waals surface area contributed by atoms with E-state index in [9.17, 15) is 23.6 Å². The Labute approximate surface area is 173 Å². The standard InChI is InChI=1S/C20H24FN5O4/c1-24(8-9-25-6-4-22-5-7-25)16-11-13-12(10-14(16)21)19(29)26(20(13)30)15-2-3-17(27)23-18(15)28/h10-11,15,22H,2-9H2,1H3,(H,23,27,28). The molecule has 2 N–H and O–H groups in total. The van der Waals surface area contributed by atoms with Gasteiger partial charge in [-0.2, -0.15) is 0 Å². The van der Waals surface area contributed by atoms with Crippen molar-refractivity contribution in [3.05, 3.63) is 29.1 Å². The summed E-state index contributed by atoms with van der Waals surface area (Å²) < 4.78 is 14.8. The molecule has 1 unspecified atom stereocenters. The maximum atomic E-state index is 14.8. The lowest BCUT2D eigenvalue weighted by atomic mass is 10.0. The molecule has 3 heterocycles. The van der Waals surface area contributed by atoms with Crippen molar-refractivity contribution in [3.63, 3.8) is 0 Å². The Morgan fingerprint density at radius 3 is 2.43 bits per heavy atom. The molecule has 3 aliphatic heterocycles. The third-order valence-corrected chi connectivity index (χ3v) is 5.88. The van der Waals surface area contributed by atoms with Crippen molar-refractivity contribution >= 4 is 29.3 Å². The Hall–Kier alpha value is -2.85. The van der Waals surface area contributed by atoms with Gasteiger partial charge in [0.05, 0.1) is 16.8 Å². The van der Waals surface area contributed by atoms with Crippen LogP contribution in [0.4, 0.5) is 10.1 Å². The third-order valence-electron chi connectivity index (χ3n) is 5.88. The molecule has 9 nitrogen and oxygen atoms in total. The average Bonchev–Trinajstić information content (AvgIpc) is 2.96. The number of fused-ring (bicyclic) bond motifs is 1. The molecule has 30 heavy (non-hydrogen) atoms. The Balaban J connectivity index is 1.53. The van der Waals surface area contributed by atoms with Gasteiger partial charge in [-0.05, 0) is 18.6 Å². The quantitative estimate of drug-likeness (QED) is 0.627. The molecule has 0 aliphatic carbocycles. The molecular weight excluding hydrogens is 393 g/mol. The number of anilines is 1. The monoisotopic (exact) mass is 417 g/mol. The number of imide groups is 2. The van der Waals surface area contributed by atoms with Crippen LogP contribution >= 0.6 is 0 Å². The highest BCUT2D eigenvalue weighted by Crippen LogP contribution is 2.32. The molecule has 160 valence electrons. The van der Waals surface area contributed by atoms with Crippen LogP contribution < -0.4 is 15.5 Å². The smallest absolute Gasteiger partial charge is 0.262 e. The number of hydrogen-bond acceptors (Lipinski definition) is 7. The van der Waals surface area contributed by atoms with Gasteiger partial charge in [0.2, 0.25) is 11.8 Å². The van der Waals surface area contributed by atoms with Gasteiger partial charge in [0, 0.05) is 52.7 Å². The molecule has 4 amide bonds. The van der Waals surface area contributed by atoms with Gasteiger partial charge in [0.1, 0.15) is 11.9 Å². The summed E-state index contributed by atoms with van der Waals surface area (Å²) in [4.78, 5) is 54.0. The highest BCUT2D eigenvalue weighted by molar-refractivity contribution is 6.23. The van der Waals surface area contributed by atoms with Crippen LogP contribution in [-0.4, -0.2) is 85.8 Å². The van der Waals surface area contributed by atoms with Gasteiger partial charge in [0.15, 0.2) is 0 Å². The first-order chi connectivity index (χ1) is 14.4. The number of carbonyl (C=O) groups excluding carboxylic acids is 4. The van der Waals surface area contributed by atoms with Crippen LogP contribution in [0.2, 0.25) is 0 Å². The van der Waals surface area contributed by atoms with E-state index >= 15 is 0 Å². The van der Waals surface area contributed by atoms with Gasteiger partial charge in [-0.1, -0.05) is 0 Å². The normalized spacial score (nSPS) is 22.3. The zero-order chi connectivity index (χ0) is 21.4. The Morgan fingerprint density at radius 1 is 1.10 bits per heavy atom. The molecule has 0 radical (unpaired) electrons. The van der Waals surface area contributed by atoms with Crippen LogP contribution in [0.15, 0.2) is 12.1 Å². The highest BCUT2D eigenvalue weighted by atomic mass is 19.1. The van der Waals surface area contributed by atoms with E-state index in [1.54, 1.807) is 11.9 Å². The summed E-state index contributed by atoms with van der Waals surface area (Å²) in [5, 5.41) is 5.43. The minimum Gasteiger partial charge on any atom is -0.371 e. The van der Waals surface area contributed by atoms with E-state index in [2.05, 4.69) is 15.5 Å². The summed E-state index contributed by atoms with van der Waals surface area (Å²) >= 11 is 0. The molecule has 0 spiro atoms. The number of nitrogens with zero attached hydrogens (tertiary/aromatic N) is 3. The van der Waals surface area contributed by atoms with Crippen LogP contribution in [0, 0.1) is 5.82 Å². The lowest BCUT2D eigenvalue weighted by Crippen LogP contribution is -2.54. The molecule has 0 saturated carbocycles. The molecule has 2 fully saturated rings. The van der Waals surface area contributed by atoms with Gasteiger partial charge < -0.3 is 10.2 Å². The van der Waals surface area contributed by atoms with Gasteiger partial charge in [-0.3, -0.25) is 34.3 Å². The number of amides is 4. The second-order valence-corrected chi connectivity index (χ2v) is 7.81. The van der Waals surface area contributed by atoms with Crippen molar-refractivity contribution in [1.82, 2.24) is 20.4 Å². The van der Waals surface area contributed by atoms with E-state index in [1.807, 2.05) is 0 Å². The predicted octanol–water partition coefficient (Wildman–Crippen LogP) is -0.432. The minimum atomic E-state index is -1.06. The van der Waals surface area contributed by atoms with Crippen molar-refractivity contribution in [2.45, 2.75) is 18.9 Å². The maximum absolute atomic E-state index is 14.8. The highest BCUT2D eigenvalue weighted by Gasteiger charge is 2.45. The Kier molecular flexibility index (Phi) is 5.52. The van der Waals surface area contributed by atoms with E-state index in [-0.39, 0.29) is 29.7 Å². The lowest BCUT2D eigenvalue weighted by Gasteiger charge is -2.30. The number of piperidine rings is 1. The van der Waals surface area contributed by atoms with E-state index in [1.165, 1.54) is 6.07 Å². The minimum absolute atomic E-state index is 0.0399. The van der Waals surface area contributed by atoms with Gasteiger partial charge in [0.25, 0.3) is 11.8 Å². The second kappa shape index (κ2) is 8.11. The molecule has 10 heteroatoms. The van der Waals surface area contributed by atoms with Crippen LogP contribution in [0.25, 0.3) is 0 Å². The molecule has 0 aromatic heterocycles. The van der Waals surface area contributed by atoms with Gasteiger partial charge >= 0.3 is 0 Å². The number of nitrogens with one attached hydrogen (secondary N) is 2. The van der Waals surface area contributed by atoms with Crippen LogP contribution in [0.3, 0.4) is 0 Å². The SMILES string of the molecule is CN(CCN1CCNCC1)c1cc2c(cc1F)C(=O)N(C1CCC(=O)NC1=O)C2=O. The summed E-state index contributed by atoms with van der Waals surface area (Å²) in [6.07, 6.45) is 0.105. The summed E-state index contributed by atoms with van der Waals surface area (Å²) in [7, 11) is 1.74. The maximum Gasteiger partial charge on any atom is 0.262 e. The first kappa shape index (κ1) is 20.4. The fourth-order valence-electron chi connectivity index (χ4n) is 4.12. The number of benzene rings is 1. The molecular formula is C20H24FN5O4. The van der Waals surface area contributed by atoms with Crippen LogP contribution in [0.1, 0.15) is 33.6 Å². The molecule has 1 aromatic carbocycles. The molecule has 1 atom stereocenters. The number of carbonyl (C=O) groups is 4. The fraction of sp³-hybridized carbons (Fsp3) is 0.500. The first-order valence-electron chi connectivity index (χ1n) is 10.1. The number of piperazine rings is 1. The van der Waals surface area contributed by atoms with Crippen LogP contribution in [-0.2, 0) is 9.59 Å². The summed E-state index contributed by atoms with van der Waals surface area (Å²) in [5.41, 5.74) is 0.256. The van der Waals surface area contributed by atoms with Gasteiger partial charge in [-0.15, -0.1) is 0 Å². The van der Waals surface area contributed by atoms with Crippen LogP contribution in [0.5, 0.6) is 0 Å².